The van der Waals surface area contributed by atoms with Crippen molar-refractivity contribution < 1.29 is 4.79 Å². The van der Waals surface area contributed by atoms with E-state index in [0.29, 0.717) is 0 Å². The molecule has 0 aromatic carbocycles. The number of hydrogen-bond acceptors (Lipinski definition) is 2. The SMILES string of the molecule is CCCC(C)(C)NC(=O)[C@H]1CCCN1. The molecule has 82 valence electrons. The molecule has 3 nitrogen and oxygen atoms in total. The summed E-state index contributed by atoms with van der Waals surface area (Å²) in [4.78, 5) is 11.8. The van der Waals surface area contributed by atoms with E-state index in [1.807, 2.05) is 0 Å². The molecule has 1 aliphatic heterocycles. The van der Waals surface area contributed by atoms with Gasteiger partial charge in [0.1, 0.15) is 0 Å². The van der Waals surface area contributed by atoms with Crippen molar-refractivity contribution in [2.45, 2.75) is 58.0 Å². The average molecular weight is 198 g/mol. The second kappa shape index (κ2) is 4.78. The van der Waals surface area contributed by atoms with E-state index in [1.165, 1.54) is 0 Å². The third-order valence-corrected chi connectivity index (χ3v) is 2.71. The van der Waals surface area contributed by atoms with Gasteiger partial charge >= 0.3 is 0 Å². The van der Waals surface area contributed by atoms with E-state index >= 15 is 0 Å². The predicted octanol–water partition coefficient (Wildman–Crippen LogP) is 1.43. The maximum Gasteiger partial charge on any atom is 0.237 e. The van der Waals surface area contributed by atoms with Crippen molar-refractivity contribution >= 4 is 5.91 Å². The Kier molecular flexibility index (Phi) is 3.93. The van der Waals surface area contributed by atoms with Crippen molar-refractivity contribution in [3.05, 3.63) is 0 Å². The molecule has 0 bridgehead atoms. The lowest BCUT2D eigenvalue weighted by Crippen LogP contribution is -2.50. The van der Waals surface area contributed by atoms with Crippen LogP contribution in [0.15, 0.2) is 0 Å². The van der Waals surface area contributed by atoms with Crippen LogP contribution in [0.2, 0.25) is 0 Å². The fourth-order valence-electron chi connectivity index (χ4n) is 2.02. The number of hydrogen-bond donors (Lipinski definition) is 2. The third kappa shape index (κ3) is 3.29. The maximum absolute atomic E-state index is 11.8. The highest BCUT2D eigenvalue weighted by molar-refractivity contribution is 5.82. The van der Waals surface area contributed by atoms with Gasteiger partial charge in [0.15, 0.2) is 0 Å². The first-order chi connectivity index (χ1) is 6.55. The minimum atomic E-state index is -0.0594. The Morgan fingerprint density at radius 2 is 2.29 bits per heavy atom. The number of carbonyl (C=O) groups excluding carboxylic acids is 1. The lowest BCUT2D eigenvalue weighted by molar-refractivity contribution is -0.124. The quantitative estimate of drug-likeness (QED) is 0.717. The minimum Gasteiger partial charge on any atom is -0.350 e. The highest BCUT2D eigenvalue weighted by atomic mass is 16.2. The molecule has 1 amide bonds. The molecular weight excluding hydrogens is 176 g/mol. The fraction of sp³-hybridized carbons (Fsp3) is 0.909. The molecule has 0 radical (unpaired) electrons. The largest absolute Gasteiger partial charge is 0.350 e. The Bertz CT molecular complexity index is 195. The molecule has 2 N–H and O–H groups in total. The minimum absolute atomic E-state index is 0.0473. The average Bonchev–Trinajstić information content (AvgIpc) is 2.53. The second-order valence-electron chi connectivity index (χ2n) is 4.77. The fourth-order valence-corrected chi connectivity index (χ4v) is 2.02. The Morgan fingerprint density at radius 3 is 2.79 bits per heavy atom. The summed E-state index contributed by atoms with van der Waals surface area (Å²) in [5.41, 5.74) is -0.0594. The molecule has 0 aliphatic carbocycles. The van der Waals surface area contributed by atoms with E-state index in [1.54, 1.807) is 0 Å². The van der Waals surface area contributed by atoms with E-state index in [0.717, 1.165) is 32.2 Å². The summed E-state index contributed by atoms with van der Waals surface area (Å²) in [5.74, 6) is 0.168. The van der Waals surface area contributed by atoms with E-state index in [2.05, 4.69) is 31.4 Å². The van der Waals surface area contributed by atoms with Gasteiger partial charge in [-0.15, -0.1) is 0 Å². The first-order valence-electron chi connectivity index (χ1n) is 5.60. The molecule has 0 unspecified atom stereocenters. The van der Waals surface area contributed by atoms with Crippen molar-refractivity contribution in [1.82, 2.24) is 10.6 Å². The zero-order valence-corrected chi connectivity index (χ0v) is 9.52. The van der Waals surface area contributed by atoms with Gasteiger partial charge in [-0.25, -0.2) is 0 Å². The second-order valence-corrected chi connectivity index (χ2v) is 4.77. The molecule has 1 heterocycles. The summed E-state index contributed by atoms with van der Waals surface area (Å²) in [6, 6.07) is 0.0473. The molecule has 1 aliphatic rings. The van der Waals surface area contributed by atoms with Gasteiger partial charge in [-0.1, -0.05) is 13.3 Å². The van der Waals surface area contributed by atoms with Gasteiger partial charge in [-0.2, -0.15) is 0 Å². The van der Waals surface area contributed by atoms with E-state index < -0.39 is 0 Å². The van der Waals surface area contributed by atoms with Crippen molar-refractivity contribution in [3.63, 3.8) is 0 Å². The van der Waals surface area contributed by atoms with Crippen molar-refractivity contribution in [3.8, 4) is 0 Å². The van der Waals surface area contributed by atoms with Crippen LogP contribution in [0.3, 0.4) is 0 Å². The lowest BCUT2D eigenvalue weighted by atomic mass is 9.98. The molecule has 1 atom stereocenters. The van der Waals surface area contributed by atoms with Gasteiger partial charge in [0.05, 0.1) is 6.04 Å². The standard InChI is InChI=1S/C11H22N2O/c1-4-7-11(2,3)13-10(14)9-6-5-8-12-9/h9,12H,4-8H2,1-3H3,(H,13,14)/t9-/m1/s1. The van der Waals surface area contributed by atoms with Crippen LogP contribution in [0, 0.1) is 0 Å². The van der Waals surface area contributed by atoms with Crippen LogP contribution in [0.4, 0.5) is 0 Å². The Morgan fingerprint density at radius 1 is 1.57 bits per heavy atom. The number of amides is 1. The molecule has 1 fully saturated rings. The summed E-state index contributed by atoms with van der Waals surface area (Å²) >= 11 is 0. The number of rotatable bonds is 4. The Labute approximate surface area is 86.6 Å². The molecule has 3 heteroatoms. The van der Waals surface area contributed by atoms with E-state index in [-0.39, 0.29) is 17.5 Å². The number of carbonyl (C=O) groups is 1. The summed E-state index contributed by atoms with van der Waals surface area (Å²) in [6.45, 7) is 7.29. The van der Waals surface area contributed by atoms with Crippen molar-refractivity contribution in [2.75, 3.05) is 6.54 Å². The van der Waals surface area contributed by atoms with Gasteiger partial charge in [-0.05, 0) is 39.7 Å². The first-order valence-corrected chi connectivity index (χ1v) is 5.60. The zero-order chi connectivity index (χ0) is 10.6. The Hall–Kier alpha value is -0.570. The lowest BCUT2D eigenvalue weighted by Gasteiger charge is -2.27. The van der Waals surface area contributed by atoms with Crippen LogP contribution in [-0.2, 0) is 4.79 Å². The summed E-state index contributed by atoms with van der Waals surface area (Å²) in [7, 11) is 0. The van der Waals surface area contributed by atoms with Crippen LogP contribution in [0.5, 0.6) is 0 Å². The Balaban J connectivity index is 2.38. The summed E-state index contributed by atoms with van der Waals surface area (Å²) in [6.07, 6.45) is 4.23. The van der Waals surface area contributed by atoms with Crippen LogP contribution < -0.4 is 10.6 Å². The zero-order valence-electron chi connectivity index (χ0n) is 9.52. The molecule has 0 saturated carbocycles. The molecule has 1 saturated heterocycles. The van der Waals surface area contributed by atoms with Gasteiger partial charge in [0.2, 0.25) is 5.91 Å². The molecule has 0 spiro atoms. The molecular formula is C11H22N2O. The van der Waals surface area contributed by atoms with Crippen LogP contribution in [0.25, 0.3) is 0 Å². The first kappa shape index (κ1) is 11.5. The highest BCUT2D eigenvalue weighted by Crippen LogP contribution is 2.12. The van der Waals surface area contributed by atoms with Gasteiger partial charge < -0.3 is 10.6 Å². The molecule has 14 heavy (non-hydrogen) atoms. The van der Waals surface area contributed by atoms with Crippen molar-refractivity contribution in [1.29, 1.82) is 0 Å². The predicted molar refractivity (Wildman–Crippen MR) is 58.2 cm³/mol. The van der Waals surface area contributed by atoms with Crippen LogP contribution in [0.1, 0.15) is 46.5 Å². The van der Waals surface area contributed by atoms with Gasteiger partial charge in [0.25, 0.3) is 0 Å². The van der Waals surface area contributed by atoms with Crippen LogP contribution >= 0.6 is 0 Å². The van der Waals surface area contributed by atoms with Crippen molar-refractivity contribution in [2.24, 2.45) is 0 Å². The van der Waals surface area contributed by atoms with Crippen LogP contribution in [-0.4, -0.2) is 24.0 Å². The molecule has 0 aromatic rings. The smallest absolute Gasteiger partial charge is 0.237 e. The van der Waals surface area contributed by atoms with E-state index in [9.17, 15) is 4.79 Å². The number of nitrogens with one attached hydrogen (secondary N) is 2. The summed E-state index contributed by atoms with van der Waals surface area (Å²) < 4.78 is 0. The third-order valence-electron chi connectivity index (χ3n) is 2.71. The van der Waals surface area contributed by atoms with Gasteiger partial charge in [-0.3, -0.25) is 4.79 Å². The molecule has 1 rings (SSSR count). The normalized spacial score (nSPS) is 22.4. The monoisotopic (exact) mass is 198 g/mol. The van der Waals surface area contributed by atoms with Gasteiger partial charge in [0, 0.05) is 5.54 Å². The topological polar surface area (TPSA) is 41.1 Å². The maximum atomic E-state index is 11.8. The molecule has 0 aromatic heterocycles. The summed E-state index contributed by atoms with van der Waals surface area (Å²) in [5, 5.41) is 6.31. The van der Waals surface area contributed by atoms with E-state index in [4.69, 9.17) is 0 Å². The highest BCUT2D eigenvalue weighted by Gasteiger charge is 2.26.